The van der Waals surface area contributed by atoms with Crippen molar-refractivity contribution in [2.75, 3.05) is 5.32 Å². The fourth-order valence-corrected chi connectivity index (χ4v) is 3.15. The highest BCUT2D eigenvalue weighted by molar-refractivity contribution is 7.86. The molecular weight excluding hydrogens is 362 g/mol. The van der Waals surface area contributed by atoms with Crippen LogP contribution in [0.15, 0.2) is 46.7 Å². The minimum Gasteiger partial charge on any atom is -0.507 e. The van der Waals surface area contributed by atoms with E-state index in [2.05, 4.69) is 11.9 Å². The van der Waals surface area contributed by atoms with Gasteiger partial charge >= 0.3 is 0 Å². The summed E-state index contributed by atoms with van der Waals surface area (Å²) in [6, 6.07) is 3.52. The van der Waals surface area contributed by atoms with Gasteiger partial charge in [-0.15, -0.1) is 0 Å². The third-order valence-electron chi connectivity index (χ3n) is 3.10. The van der Waals surface area contributed by atoms with Crippen molar-refractivity contribution in [3.05, 3.63) is 36.9 Å². The molecular formula is C13H13NO8S2. The number of aliphatic hydroxyl groups excluding tert-OH is 1. The first-order valence-electron chi connectivity index (χ1n) is 6.26. The molecule has 2 aromatic rings. The average Bonchev–Trinajstić information content (AvgIpc) is 2.44. The molecule has 0 spiro atoms. The van der Waals surface area contributed by atoms with Crippen molar-refractivity contribution in [3.63, 3.8) is 0 Å². The zero-order valence-corrected chi connectivity index (χ0v) is 13.5. The van der Waals surface area contributed by atoms with Crippen molar-refractivity contribution in [2.24, 2.45) is 0 Å². The Morgan fingerprint density at radius 1 is 1.00 bits per heavy atom. The molecule has 24 heavy (non-hydrogen) atoms. The minimum absolute atomic E-state index is 0.0318. The normalized spacial score (nSPS) is 13.6. The maximum atomic E-state index is 11.4. The third-order valence-corrected chi connectivity index (χ3v) is 4.76. The molecule has 11 heteroatoms. The number of rotatable bonds is 5. The number of nitrogens with one attached hydrogen (secondary N) is 1. The van der Waals surface area contributed by atoms with Gasteiger partial charge < -0.3 is 15.5 Å². The summed E-state index contributed by atoms with van der Waals surface area (Å²) in [6.45, 7) is 3.32. The van der Waals surface area contributed by atoms with E-state index in [-0.39, 0.29) is 16.5 Å². The van der Waals surface area contributed by atoms with Crippen LogP contribution in [0.25, 0.3) is 10.8 Å². The number of fused-ring (bicyclic) bond motifs is 1. The molecule has 1 unspecified atom stereocenters. The quantitative estimate of drug-likeness (QED) is 0.291. The van der Waals surface area contributed by atoms with Gasteiger partial charge in [-0.05, 0) is 29.7 Å². The molecule has 0 aliphatic heterocycles. The van der Waals surface area contributed by atoms with Gasteiger partial charge in [0.2, 0.25) is 0 Å². The molecule has 2 aromatic carbocycles. The van der Waals surface area contributed by atoms with Gasteiger partial charge in [0.05, 0.1) is 9.79 Å². The largest absolute Gasteiger partial charge is 0.507 e. The lowest BCUT2D eigenvalue weighted by Gasteiger charge is -2.15. The van der Waals surface area contributed by atoms with Gasteiger partial charge in [-0.3, -0.25) is 9.11 Å². The van der Waals surface area contributed by atoms with E-state index in [1.165, 1.54) is 0 Å². The average molecular weight is 375 g/mol. The number of phenols is 1. The molecule has 0 bridgehead atoms. The van der Waals surface area contributed by atoms with Gasteiger partial charge in [-0.25, -0.2) is 0 Å². The summed E-state index contributed by atoms with van der Waals surface area (Å²) < 4.78 is 63.5. The van der Waals surface area contributed by atoms with Gasteiger partial charge in [0.15, 0.2) is 0 Å². The molecule has 0 radical (unpaired) electrons. The van der Waals surface area contributed by atoms with Gasteiger partial charge in [0.1, 0.15) is 12.0 Å². The number of aliphatic hydroxyl groups is 1. The Labute approximate surface area is 137 Å². The fraction of sp³-hybridized carbons (Fsp3) is 0.0769. The molecule has 2 rings (SSSR count). The highest BCUT2D eigenvalue weighted by Gasteiger charge is 2.20. The molecule has 1 atom stereocenters. The van der Waals surface area contributed by atoms with Crippen molar-refractivity contribution in [1.29, 1.82) is 0 Å². The highest BCUT2D eigenvalue weighted by atomic mass is 32.2. The molecule has 0 fully saturated rings. The number of phenolic OH excluding ortho intramolecular Hbond substituents is 1. The molecule has 0 aromatic heterocycles. The second-order valence-electron chi connectivity index (χ2n) is 4.79. The SMILES string of the molecule is C=CC(O)Nc1cc(S(=O)(=O)O)cc2cc(S(=O)(=O)O)cc(O)c12. The summed E-state index contributed by atoms with van der Waals surface area (Å²) in [4.78, 5) is -1.28. The Morgan fingerprint density at radius 3 is 1.96 bits per heavy atom. The van der Waals surface area contributed by atoms with E-state index in [9.17, 15) is 31.6 Å². The van der Waals surface area contributed by atoms with Gasteiger partial charge in [-0.2, -0.15) is 16.8 Å². The Bertz CT molecular complexity index is 1020. The summed E-state index contributed by atoms with van der Waals surface area (Å²) in [6.07, 6.45) is -0.235. The zero-order chi connectivity index (χ0) is 18.3. The van der Waals surface area contributed by atoms with Gasteiger partial charge in [-0.1, -0.05) is 6.58 Å². The Morgan fingerprint density at radius 2 is 1.50 bits per heavy atom. The summed E-state index contributed by atoms with van der Waals surface area (Å²) >= 11 is 0. The van der Waals surface area contributed by atoms with Crippen LogP contribution in [-0.4, -0.2) is 42.4 Å². The van der Waals surface area contributed by atoms with Crippen molar-refractivity contribution in [2.45, 2.75) is 16.0 Å². The maximum absolute atomic E-state index is 11.4. The Balaban J connectivity index is 2.90. The predicted molar refractivity (Wildman–Crippen MR) is 85.1 cm³/mol. The number of hydrogen-bond donors (Lipinski definition) is 5. The highest BCUT2D eigenvalue weighted by Crippen LogP contribution is 2.36. The molecule has 0 aliphatic carbocycles. The monoisotopic (exact) mass is 375 g/mol. The van der Waals surface area contributed by atoms with Crippen LogP contribution in [0, 0.1) is 0 Å². The van der Waals surface area contributed by atoms with Crippen LogP contribution < -0.4 is 5.32 Å². The van der Waals surface area contributed by atoms with E-state index in [0.717, 1.165) is 30.3 Å². The minimum atomic E-state index is -4.66. The molecule has 0 saturated heterocycles. The van der Waals surface area contributed by atoms with Crippen LogP contribution in [0.4, 0.5) is 5.69 Å². The topological polar surface area (TPSA) is 161 Å². The lowest BCUT2D eigenvalue weighted by atomic mass is 10.1. The summed E-state index contributed by atoms with van der Waals surface area (Å²) in [5.41, 5.74) is -0.105. The lowest BCUT2D eigenvalue weighted by Crippen LogP contribution is -2.15. The van der Waals surface area contributed by atoms with Crippen molar-refractivity contribution in [1.82, 2.24) is 0 Å². The Kier molecular flexibility index (Phi) is 4.57. The number of anilines is 1. The predicted octanol–water partition coefficient (Wildman–Crippen LogP) is 0.955. The van der Waals surface area contributed by atoms with Gasteiger partial charge in [0.25, 0.3) is 20.2 Å². The number of hydrogen-bond acceptors (Lipinski definition) is 7. The van der Waals surface area contributed by atoms with Crippen LogP contribution in [0.3, 0.4) is 0 Å². The fourth-order valence-electron chi connectivity index (χ4n) is 2.07. The molecule has 0 heterocycles. The van der Waals surface area contributed by atoms with Crippen LogP contribution in [0.5, 0.6) is 5.75 Å². The van der Waals surface area contributed by atoms with Crippen LogP contribution in [0.2, 0.25) is 0 Å². The van der Waals surface area contributed by atoms with E-state index in [1.807, 2.05) is 0 Å². The lowest BCUT2D eigenvalue weighted by molar-refractivity contribution is 0.253. The third kappa shape index (κ3) is 3.66. The molecule has 5 N–H and O–H groups in total. The van der Waals surface area contributed by atoms with E-state index >= 15 is 0 Å². The summed E-state index contributed by atoms with van der Waals surface area (Å²) in [5.74, 6) is -0.597. The summed E-state index contributed by atoms with van der Waals surface area (Å²) in [7, 11) is -9.33. The van der Waals surface area contributed by atoms with E-state index < -0.39 is 42.0 Å². The summed E-state index contributed by atoms with van der Waals surface area (Å²) in [5, 5.41) is 21.9. The molecule has 0 saturated carbocycles. The molecule has 9 nitrogen and oxygen atoms in total. The number of aromatic hydroxyl groups is 1. The molecule has 0 amide bonds. The first-order valence-corrected chi connectivity index (χ1v) is 9.14. The second kappa shape index (κ2) is 6.03. The molecule has 130 valence electrons. The molecule has 0 aliphatic rings. The van der Waals surface area contributed by atoms with Crippen molar-refractivity contribution in [3.8, 4) is 5.75 Å². The van der Waals surface area contributed by atoms with Crippen LogP contribution in [-0.2, 0) is 20.2 Å². The van der Waals surface area contributed by atoms with Crippen LogP contribution >= 0.6 is 0 Å². The van der Waals surface area contributed by atoms with Crippen molar-refractivity contribution < 1.29 is 36.2 Å². The standard InChI is InChI=1S/C13H13NO8S2/c1-2-12(16)14-10-5-8(23(17,18)19)3-7-4-9(24(20,21)22)6-11(15)13(7)10/h2-6,12,14-16H,1H2,(H,17,18,19)(H,20,21,22). The number of benzene rings is 2. The maximum Gasteiger partial charge on any atom is 0.294 e. The van der Waals surface area contributed by atoms with Crippen LogP contribution in [0.1, 0.15) is 0 Å². The van der Waals surface area contributed by atoms with E-state index in [1.54, 1.807) is 0 Å². The first-order chi connectivity index (χ1) is 10.9. The zero-order valence-electron chi connectivity index (χ0n) is 11.9. The smallest absolute Gasteiger partial charge is 0.294 e. The van der Waals surface area contributed by atoms with E-state index in [4.69, 9.17) is 4.55 Å². The first kappa shape index (κ1) is 18.2. The Hall–Kier alpha value is -2.18. The van der Waals surface area contributed by atoms with Crippen molar-refractivity contribution >= 4 is 36.7 Å². The van der Waals surface area contributed by atoms with E-state index in [0.29, 0.717) is 0 Å². The van der Waals surface area contributed by atoms with Gasteiger partial charge in [0, 0.05) is 17.1 Å². The second-order valence-corrected chi connectivity index (χ2v) is 7.63.